The van der Waals surface area contributed by atoms with Crippen LogP contribution in [0, 0.1) is 5.82 Å². The van der Waals surface area contributed by atoms with Gasteiger partial charge in [-0.2, -0.15) is 0 Å². The first-order valence-corrected chi connectivity index (χ1v) is 12.5. The Morgan fingerprint density at radius 1 is 1.13 bits per heavy atom. The molecule has 0 unspecified atom stereocenters. The summed E-state index contributed by atoms with van der Waals surface area (Å²) in [6, 6.07) is 5.17. The SMILES string of the molecule is Cn1cc(-c2ccnc(N3CCn4c5c(c(F)c4C3=O)CCCC5)c2CO)nc(Nc2cccnc2)c1=O. The molecule has 0 radical (unpaired) electrons. The van der Waals surface area contributed by atoms with Gasteiger partial charge >= 0.3 is 0 Å². The van der Waals surface area contributed by atoms with E-state index < -0.39 is 18.3 Å². The number of anilines is 3. The Morgan fingerprint density at radius 3 is 2.76 bits per heavy atom. The van der Waals surface area contributed by atoms with Gasteiger partial charge in [0.15, 0.2) is 11.6 Å². The number of aryl methyl sites for hydroxylation is 1. The largest absolute Gasteiger partial charge is 0.392 e. The van der Waals surface area contributed by atoms with Crippen LogP contribution in [0.5, 0.6) is 0 Å². The van der Waals surface area contributed by atoms with E-state index in [0.29, 0.717) is 47.6 Å². The highest BCUT2D eigenvalue weighted by molar-refractivity contribution is 6.06. The van der Waals surface area contributed by atoms with Gasteiger partial charge in [0.2, 0.25) is 0 Å². The maximum absolute atomic E-state index is 15.4. The number of amides is 1. The van der Waals surface area contributed by atoms with Crippen molar-refractivity contribution in [2.24, 2.45) is 7.05 Å². The molecule has 11 heteroatoms. The van der Waals surface area contributed by atoms with Gasteiger partial charge in [-0.1, -0.05) is 0 Å². The Bertz CT molecular complexity index is 1610. The number of halogens is 1. The van der Waals surface area contributed by atoms with E-state index in [1.165, 1.54) is 15.7 Å². The van der Waals surface area contributed by atoms with Crippen LogP contribution in [-0.4, -0.2) is 41.6 Å². The summed E-state index contributed by atoms with van der Waals surface area (Å²) < 4.78 is 18.6. The highest BCUT2D eigenvalue weighted by atomic mass is 19.1. The molecule has 0 fully saturated rings. The van der Waals surface area contributed by atoms with Crippen LogP contribution in [0.25, 0.3) is 11.3 Å². The second-order valence-corrected chi connectivity index (χ2v) is 9.48. The summed E-state index contributed by atoms with van der Waals surface area (Å²) in [5, 5.41) is 13.4. The number of carbonyl (C=O) groups is 1. The third-order valence-electron chi connectivity index (χ3n) is 7.22. The lowest BCUT2D eigenvalue weighted by molar-refractivity contribution is 0.0958. The lowest BCUT2D eigenvalue weighted by Crippen LogP contribution is -2.42. The number of hydrogen-bond donors (Lipinski definition) is 2. The number of aliphatic hydroxyl groups is 1. The van der Waals surface area contributed by atoms with Crippen LogP contribution in [-0.2, 0) is 33.0 Å². The molecule has 4 aromatic rings. The van der Waals surface area contributed by atoms with Crippen molar-refractivity contribution in [3.8, 4) is 11.3 Å². The van der Waals surface area contributed by atoms with Gasteiger partial charge in [-0.25, -0.2) is 14.4 Å². The van der Waals surface area contributed by atoms with E-state index in [1.807, 2.05) is 4.57 Å². The van der Waals surface area contributed by atoms with Crippen LogP contribution in [0.2, 0.25) is 0 Å². The number of fused-ring (bicyclic) bond motifs is 3. The first kappa shape index (κ1) is 24.0. The number of nitrogens with zero attached hydrogens (tertiary/aromatic N) is 6. The molecule has 1 amide bonds. The predicted molar refractivity (Wildman–Crippen MR) is 139 cm³/mol. The van der Waals surface area contributed by atoms with E-state index in [2.05, 4.69) is 20.3 Å². The maximum Gasteiger partial charge on any atom is 0.293 e. The number of rotatable bonds is 5. The summed E-state index contributed by atoms with van der Waals surface area (Å²) >= 11 is 0. The number of carbonyl (C=O) groups excluding carboxylic acids is 1. The Hall–Kier alpha value is -4.38. The molecule has 0 atom stereocenters. The zero-order valence-corrected chi connectivity index (χ0v) is 20.8. The third kappa shape index (κ3) is 3.86. The van der Waals surface area contributed by atoms with Crippen molar-refractivity contribution in [2.45, 2.75) is 38.8 Å². The van der Waals surface area contributed by atoms with E-state index in [4.69, 9.17) is 0 Å². The molecule has 5 heterocycles. The minimum Gasteiger partial charge on any atom is -0.392 e. The summed E-state index contributed by atoms with van der Waals surface area (Å²) in [6.45, 7) is 0.309. The van der Waals surface area contributed by atoms with Gasteiger partial charge in [-0.05, 0) is 43.9 Å². The molecule has 194 valence electrons. The summed E-state index contributed by atoms with van der Waals surface area (Å²) in [5.74, 6) is -0.589. The molecule has 1 aliphatic carbocycles. The van der Waals surface area contributed by atoms with Crippen LogP contribution >= 0.6 is 0 Å². The zero-order chi connectivity index (χ0) is 26.4. The van der Waals surface area contributed by atoms with Crippen molar-refractivity contribution in [1.82, 2.24) is 24.1 Å². The van der Waals surface area contributed by atoms with E-state index in [9.17, 15) is 14.7 Å². The first-order valence-electron chi connectivity index (χ1n) is 12.5. The van der Waals surface area contributed by atoms with Gasteiger partial charge in [0, 0.05) is 61.1 Å². The fourth-order valence-electron chi connectivity index (χ4n) is 5.41. The Kier molecular flexibility index (Phi) is 5.99. The van der Waals surface area contributed by atoms with Gasteiger partial charge in [0.1, 0.15) is 11.5 Å². The maximum atomic E-state index is 15.4. The minimum absolute atomic E-state index is 0.0578. The summed E-state index contributed by atoms with van der Waals surface area (Å²) in [6.07, 6.45) is 9.58. The Balaban J connectivity index is 1.41. The molecule has 0 saturated carbocycles. The smallest absolute Gasteiger partial charge is 0.293 e. The highest BCUT2D eigenvalue weighted by Gasteiger charge is 2.36. The van der Waals surface area contributed by atoms with Crippen molar-refractivity contribution >= 4 is 23.2 Å². The van der Waals surface area contributed by atoms with Crippen LogP contribution < -0.4 is 15.8 Å². The van der Waals surface area contributed by atoms with E-state index in [1.54, 1.807) is 43.8 Å². The topological polar surface area (TPSA) is 118 Å². The number of pyridine rings is 2. The van der Waals surface area contributed by atoms with Crippen LogP contribution in [0.15, 0.2) is 47.8 Å². The minimum atomic E-state index is -0.477. The average Bonchev–Trinajstić information content (AvgIpc) is 3.24. The summed E-state index contributed by atoms with van der Waals surface area (Å²) in [4.78, 5) is 40.8. The third-order valence-corrected chi connectivity index (χ3v) is 7.22. The van der Waals surface area contributed by atoms with Crippen LogP contribution in [0.4, 0.5) is 21.7 Å². The van der Waals surface area contributed by atoms with E-state index in [-0.39, 0.29) is 22.9 Å². The second kappa shape index (κ2) is 9.49. The summed E-state index contributed by atoms with van der Waals surface area (Å²) in [5.41, 5.74) is 3.16. The fraction of sp³-hybridized carbons (Fsp3) is 0.296. The molecule has 2 aliphatic rings. The number of hydrogen-bond acceptors (Lipinski definition) is 7. The van der Waals surface area contributed by atoms with Crippen molar-refractivity contribution in [1.29, 1.82) is 0 Å². The van der Waals surface area contributed by atoms with E-state index >= 15 is 4.39 Å². The molecule has 0 saturated heterocycles. The van der Waals surface area contributed by atoms with Crippen LogP contribution in [0.1, 0.15) is 40.2 Å². The molecule has 0 aromatic carbocycles. The van der Waals surface area contributed by atoms with Crippen molar-refractivity contribution in [3.63, 3.8) is 0 Å². The van der Waals surface area contributed by atoms with Gasteiger partial charge in [0.05, 0.1) is 24.2 Å². The lowest BCUT2D eigenvalue weighted by Gasteiger charge is -2.30. The standard InChI is InChI=1S/C27H26FN7O3/c1-33-14-20(32-24(27(33)38)31-16-5-4-9-29-13-16)17-8-10-30-25(19(17)15-36)35-12-11-34-21-7-3-2-6-18(21)22(28)23(34)26(35)37/h4-5,8-10,13-14,36H,2-3,6-7,11-12,15H2,1H3,(H,31,32). The summed E-state index contributed by atoms with van der Waals surface area (Å²) in [7, 11) is 1.61. The van der Waals surface area contributed by atoms with Crippen LogP contribution in [0.3, 0.4) is 0 Å². The number of aromatic nitrogens is 5. The molecular weight excluding hydrogens is 489 g/mol. The zero-order valence-electron chi connectivity index (χ0n) is 20.8. The number of aliphatic hydroxyl groups excluding tert-OH is 1. The quantitative estimate of drug-likeness (QED) is 0.420. The predicted octanol–water partition coefficient (Wildman–Crippen LogP) is 2.95. The second-order valence-electron chi connectivity index (χ2n) is 9.48. The van der Waals surface area contributed by atoms with Crippen molar-refractivity contribution in [3.05, 3.63) is 81.7 Å². The molecule has 4 aromatic heterocycles. The molecule has 0 spiro atoms. The molecule has 6 rings (SSSR count). The normalized spacial score (nSPS) is 14.8. The van der Waals surface area contributed by atoms with Gasteiger partial charge in [-0.3, -0.25) is 19.5 Å². The van der Waals surface area contributed by atoms with Gasteiger partial charge in [-0.15, -0.1) is 0 Å². The first-order chi connectivity index (χ1) is 18.5. The average molecular weight is 516 g/mol. The van der Waals surface area contributed by atoms with Gasteiger partial charge < -0.3 is 19.6 Å². The molecule has 0 bridgehead atoms. The molecule has 10 nitrogen and oxygen atoms in total. The van der Waals surface area contributed by atoms with Crippen molar-refractivity contribution in [2.75, 3.05) is 16.8 Å². The molecule has 1 aliphatic heterocycles. The lowest BCUT2D eigenvalue weighted by atomic mass is 9.97. The monoisotopic (exact) mass is 515 g/mol. The Morgan fingerprint density at radius 2 is 1.97 bits per heavy atom. The highest BCUT2D eigenvalue weighted by Crippen LogP contribution is 2.35. The fourth-order valence-corrected chi connectivity index (χ4v) is 5.41. The van der Waals surface area contributed by atoms with E-state index in [0.717, 1.165) is 25.0 Å². The Labute approximate surface area is 217 Å². The van der Waals surface area contributed by atoms with Gasteiger partial charge in [0.25, 0.3) is 11.5 Å². The molecule has 38 heavy (non-hydrogen) atoms. The van der Waals surface area contributed by atoms with Crippen molar-refractivity contribution < 1.29 is 14.3 Å². The molecular formula is C27H26FN7O3. The number of nitrogens with one attached hydrogen (secondary N) is 1. The molecule has 2 N–H and O–H groups in total.